The molecule has 1 fully saturated rings. The van der Waals surface area contributed by atoms with Crippen LogP contribution in [0, 0.1) is 5.82 Å². The summed E-state index contributed by atoms with van der Waals surface area (Å²) in [4.78, 5) is 11.3. The lowest BCUT2D eigenvalue weighted by Gasteiger charge is -2.39. The molecule has 1 aliphatic rings. The highest BCUT2D eigenvalue weighted by Crippen LogP contribution is 2.44. The van der Waals surface area contributed by atoms with Gasteiger partial charge in [0.1, 0.15) is 5.60 Å². The predicted octanol–water partition coefficient (Wildman–Crippen LogP) is 5.92. The van der Waals surface area contributed by atoms with E-state index in [2.05, 4.69) is 18.2 Å². The predicted molar refractivity (Wildman–Crippen MR) is 103 cm³/mol. The van der Waals surface area contributed by atoms with Crippen molar-refractivity contribution < 1.29 is 19.0 Å². The van der Waals surface area contributed by atoms with Crippen molar-refractivity contribution in [3.05, 3.63) is 77.6 Å². The van der Waals surface area contributed by atoms with E-state index in [9.17, 15) is 14.3 Å². The first kappa shape index (κ1) is 17.5. The van der Waals surface area contributed by atoms with Crippen molar-refractivity contribution in [2.45, 2.75) is 37.7 Å². The highest BCUT2D eigenvalue weighted by atomic mass is 19.1. The number of carbonyl (C=O) groups is 1. The van der Waals surface area contributed by atoms with Crippen molar-refractivity contribution in [1.82, 2.24) is 0 Å². The van der Waals surface area contributed by atoms with E-state index in [-0.39, 0.29) is 11.3 Å². The molecule has 3 aromatic rings. The molecule has 0 saturated heterocycles. The van der Waals surface area contributed by atoms with Gasteiger partial charge in [-0.15, -0.1) is 0 Å². The third kappa shape index (κ3) is 3.27. The van der Waals surface area contributed by atoms with Gasteiger partial charge in [-0.05, 0) is 54.7 Å². The maximum absolute atomic E-state index is 14.5. The van der Waals surface area contributed by atoms with E-state index in [0.717, 1.165) is 48.4 Å². The molecule has 1 N–H and O–H groups in total. The molecule has 0 aromatic heterocycles. The number of carboxylic acids is 1. The number of fused-ring (bicyclic) bond motifs is 1. The molecule has 0 spiro atoms. The second-order valence-corrected chi connectivity index (χ2v) is 7.13. The van der Waals surface area contributed by atoms with E-state index in [1.807, 2.05) is 24.3 Å². The summed E-state index contributed by atoms with van der Waals surface area (Å²) in [5.74, 6) is -1.63. The summed E-state index contributed by atoms with van der Waals surface area (Å²) in [6.45, 7) is 0. The first-order valence-electron chi connectivity index (χ1n) is 9.29. The molecule has 0 aliphatic heterocycles. The van der Waals surface area contributed by atoms with E-state index in [1.165, 1.54) is 18.2 Å². The minimum atomic E-state index is -1.09. The molecule has 4 rings (SSSR count). The molecule has 0 unspecified atom stereocenters. The minimum Gasteiger partial charge on any atom is -0.479 e. The van der Waals surface area contributed by atoms with E-state index < -0.39 is 17.4 Å². The van der Waals surface area contributed by atoms with Crippen LogP contribution in [0.2, 0.25) is 0 Å². The molecule has 4 heteroatoms. The second-order valence-electron chi connectivity index (χ2n) is 7.13. The zero-order valence-corrected chi connectivity index (χ0v) is 15.0. The number of carboxylic acid groups (broad SMARTS) is 1. The van der Waals surface area contributed by atoms with Gasteiger partial charge in [-0.3, -0.25) is 0 Å². The number of rotatable bonds is 4. The van der Waals surface area contributed by atoms with Gasteiger partial charge >= 0.3 is 5.97 Å². The number of benzene rings is 3. The van der Waals surface area contributed by atoms with Gasteiger partial charge in [-0.25, -0.2) is 9.18 Å². The molecule has 0 amide bonds. The monoisotopic (exact) mass is 364 g/mol. The molecule has 3 aromatic carbocycles. The Balaban J connectivity index is 1.84. The summed E-state index contributed by atoms with van der Waals surface area (Å²) in [7, 11) is 0. The standard InChI is InChI=1S/C23H21FO3/c24-20-12-11-17(22(25)26)15-21(20)27-23(13-4-1-5-14-23)19-10-6-8-16-7-2-3-9-18(16)19/h2-3,6-12,15H,1,4-5,13-14H2,(H,25,26). The van der Waals surface area contributed by atoms with Crippen LogP contribution in [-0.2, 0) is 5.60 Å². The maximum Gasteiger partial charge on any atom is 0.335 e. The van der Waals surface area contributed by atoms with Crippen molar-refractivity contribution in [2.75, 3.05) is 0 Å². The van der Waals surface area contributed by atoms with Crippen LogP contribution in [0.25, 0.3) is 10.8 Å². The number of hydrogen-bond donors (Lipinski definition) is 1. The van der Waals surface area contributed by atoms with Crippen molar-refractivity contribution in [3.63, 3.8) is 0 Å². The topological polar surface area (TPSA) is 46.5 Å². The first-order valence-corrected chi connectivity index (χ1v) is 9.29. The van der Waals surface area contributed by atoms with Crippen molar-refractivity contribution in [3.8, 4) is 5.75 Å². The van der Waals surface area contributed by atoms with Crippen LogP contribution in [0.15, 0.2) is 60.7 Å². The summed E-state index contributed by atoms with van der Waals surface area (Å²) >= 11 is 0. The average molecular weight is 364 g/mol. The Morgan fingerprint density at radius 3 is 2.48 bits per heavy atom. The number of hydrogen-bond acceptors (Lipinski definition) is 2. The van der Waals surface area contributed by atoms with Crippen molar-refractivity contribution >= 4 is 16.7 Å². The zero-order chi connectivity index (χ0) is 18.9. The molecular formula is C23H21FO3. The summed E-state index contributed by atoms with van der Waals surface area (Å²) in [6, 6.07) is 17.9. The second kappa shape index (κ2) is 7.03. The van der Waals surface area contributed by atoms with Crippen LogP contribution in [0.1, 0.15) is 48.0 Å². The van der Waals surface area contributed by atoms with Crippen LogP contribution in [0.5, 0.6) is 5.75 Å². The number of aromatic carboxylic acids is 1. The van der Waals surface area contributed by atoms with E-state index >= 15 is 0 Å². The van der Waals surface area contributed by atoms with E-state index in [1.54, 1.807) is 0 Å². The Bertz CT molecular complexity index is 985. The normalized spacial score (nSPS) is 16.2. The quantitative estimate of drug-likeness (QED) is 0.625. The molecule has 0 atom stereocenters. The zero-order valence-electron chi connectivity index (χ0n) is 15.0. The molecule has 0 heterocycles. The Kier molecular flexibility index (Phi) is 4.56. The number of ether oxygens (including phenoxy) is 1. The third-order valence-electron chi connectivity index (χ3n) is 5.43. The lowest BCUT2D eigenvalue weighted by Crippen LogP contribution is -2.36. The Morgan fingerprint density at radius 2 is 1.70 bits per heavy atom. The van der Waals surface area contributed by atoms with Crippen LogP contribution < -0.4 is 4.74 Å². The third-order valence-corrected chi connectivity index (χ3v) is 5.43. The Hall–Kier alpha value is -2.88. The van der Waals surface area contributed by atoms with Crippen LogP contribution in [0.4, 0.5) is 4.39 Å². The summed E-state index contributed by atoms with van der Waals surface area (Å²) in [5, 5.41) is 11.5. The van der Waals surface area contributed by atoms with Gasteiger partial charge in [-0.2, -0.15) is 0 Å². The van der Waals surface area contributed by atoms with E-state index in [0.29, 0.717) is 0 Å². The van der Waals surface area contributed by atoms with Crippen LogP contribution >= 0.6 is 0 Å². The van der Waals surface area contributed by atoms with Crippen LogP contribution in [-0.4, -0.2) is 11.1 Å². The summed E-state index contributed by atoms with van der Waals surface area (Å²) < 4.78 is 20.8. The largest absolute Gasteiger partial charge is 0.479 e. The SMILES string of the molecule is O=C(O)c1ccc(F)c(OC2(c3cccc4ccccc34)CCCCC2)c1. The van der Waals surface area contributed by atoms with Crippen LogP contribution in [0.3, 0.4) is 0 Å². The fraction of sp³-hybridized carbons (Fsp3) is 0.261. The molecule has 3 nitrogen and oxygen atoms in total. The molecule has 1 saturated carbocycles. The van der Waals surface area contributed by atoms with Gasteiger partial charge in [0, 0.05) is 5.56 Å². The van der Waals surface area contributed by atoms with Gasteiger partial charge in [0.2, 0.25) is 0 Å². The van der Waals surface area contributed by atoms with Crippen molar-refractivity contribution in [1.29, 1.82) is 0 Å². The lowest BCUT2D eigenvalue weighted by atomic mass is 9.77. The molecule has 1 aliphatic carbocycles. The molecule has 0 radical (unpaired) electrons. The Morgan fingerprint density at radius 1 is 0.963 bits per heavy atom. The summed E-state index contributed by atoms with van der Waals surface area (Å²) in [5.41, 5.74) is 0.410. The fourth-order valence-electron chi connectivity index (χ4n) is 4.10. The fourth-order valence-corrected chi connectivity index (χ4v) is 4.10. The molecular weight excluding hydrogens is 343 g/mol. The maximum atomic E-state index is 14.5. The smallest absolute Gasteiger partial charge is 0.335 e. The van der Waals surface area contributed by atoms with Gasteiger partial charge in [0.15, 0.2) is 11.6 Å². The molecule has 0 bridgehead atoms. The minimum absolute atomic E-state index is 0.00438. The summed E-state index contributed by atoms with van der Waals surface area (Å²) in [6.07, 6.45) is 4.65. The van der Waals surface area contributed by atoms with Gasteiger partial charge < -0.3 is 9.84 Å². The number of halogens is 1. The Labute approximate surface area is 157 Å². The van der Waals surface area contributed by atoms with Gasteiger partial charge in [-0.1, -0.05) is 48.9 Å². The highest BCUT2D eigenvalue weighted by molar-refractivity contribution is 5.88. The average Bonchev–Trinajstić information content (AvgIpc) is 2.70. The highest BCUT2D eigenvalue weighted by Gasteiger charge is 2.38. The van der Waals surface area contributed by atoms with E-state index in [4.69, 9.17) is 4.74 Å². The van der Waals surface area contributed by atoms with Gasteiger partial charge in [0.25, 0.3) is 0 Å². The van der Waals surface area contributed by atoms with Crippen molar-refractivity contribution in [2.24, 2.45) is 0 Å². The van der Waals surface area contributed by atoms with Gasteiger partial charge in [0.05, 0.1) is 5.56 Å². The lowest BCUT2D eigenvalue weighted by molar-refractivity contribution is 0.0238. The molecule has 138 valence electrons. The first-order chi connectivity index (χ1) is 13.1. The molecule has 27 heavy (non-hydrogen) atoms.